The van der Waals surface area contributed by atoms with Crippen LogP contribution < -0.4 is 5.32 Å². The molecule has 4 aromatic rings. The lowest BCUT2D eigenvalue weighted by Crippen LogP contribution is -2.19. The summed E-state index contributed by atoms with van der Waals surface area (Å²) in [6.07, 6.45) is 1.43. The summed E-state index contributed by atoms with van der Waals surface area (Å²) in [5.74, 6) is -1.54. The first-order chi connectivity index (χ1) is 16.1. The molecule has 0 radical (unpaired) electrons. The number of aromatic nitrogens is 1. The number of para-hydroxylation sites is 1. The number of hydrogen-bond donors (Lipinski definition) is 1. The van der Waals surface area contributed by atoms with Crippen LogP contribution in [0.5, 0.6) is 0 Å². The van der Waals surface area contributed by atoms with E-state index in [0.717, 1.165) is 22.4 Å². The van der Waals surface area contributed by atoms with E-state index in [1.54, 1.807) is 28.8 Å². The zero-order valence-electron chi connectivity index (χ0n) is 19.0. The van der Waals surface area contributed by atoms with Crippen LogP contribution in [0.1, 0.15) is 22.3 Å². The summed E-state index contributed by atoms with van der Waals surface area (Å²) in [6.45, 7) is 5.77. The maximum absolute atomic E-state index is 14.3. The van der Waals surface area contributed by atoms with E-state index in [2.05, 4.69) is 5.32 Å². The van der Waals surface area contributed by atoms with E-state index in [1.807, 2.05) is 32.9 Å². The van der Waals surface area contributed by atoms with Crippen LogP contribution in [0.15, 0.2) is 65.7 Å². The van der Waals surface area contributed by atoms with E-state index in [4.69, 9.17) is 11.6 Å². The van der Waals surface area contributed by atoms with Gasteiger partial charge in [-0.15, -0.1) is 0 Å². The topological polar surface area (TPSA) is 68.2 Å². The molecule has 5 nitrogen and oxygen atoms in total. The van der Waals surface area contributed by atoms with E-state index in [0.29, 0.717) is 10.9 Å². The lowest BCUT2D eigenvalue weighted by molar-refractivity contribution is -0.116. The first kappa shape index (κ1) is 24.0. The van der Waals surface area contributed by atoms with Gasteiger partial charge in [-0.25, -0.2) is 12.8 Å². The van der Waals surface area contributed by atoms with E-state index in [-0.39, 0.29) is 27.9 Å². The standard InChI is InChI=1S/C26H24ClFN2O3S/c1-16-11-17(2)26(18(3)12-16)29-25(31)14-30-13-24(19-7-4-5-10-23(19)30)34(32,33)15-20-21(27)8-6-9-22(20)28/h4-13H,14-15H2,1-3H3,(H,29,31). The van der Waals surface area contributed by atoms with Gasteiger partial charge < -0.3 is 9.88 Å². The lowest BCUT2D eigenvalue weighted by Gasteiger charge is -2.13. The van der Waals surface area contributed by atoms with Crippen LogP contribution in [-0.4, -0.2) is 18.9 Å². The van der Waals surface area contributed by atoms with Gasteiger partial charge in [-0.2, -0.15) is 0 Å². The van der Waals surface area contributed by atoms with E-state index in [9.17, 15) is 17.6 Å². The second-order valence-corrected chi connectivity index (χ2v) is 10.8. The molecular weight excluding hydrogens is 475 g/mol. The number of aryl methyl sites for hydroxylation is 3. The Kier molecular flexibility index (Phi) is 6.51. The maximum Gasteiger partial charge on any atom is 0.244 e. The zero-order chi connectivity index (χ0) is 24.6. The fourth-order valence-electron chi connectivity index (χ4n) is 4.24. The average Bonchev–Trinajstić information content (AvgIpc) is 3.13. The number of anilines is 1. The lowest BCUT2D eigenvalue weighted by atomic mass is 10.1. The highest BCUT2D eigenvalue weighted by atomic mass is 35.5. The van der Waals surface area contributed by atoms with Gasteiger partial charge in [0.05, 0.1) is 10.6 Å². The molecule has 0 fully saturated rings. The third kappa shape index (κ3) is 4.72. The smallest absolute Gasteiger partial charge is 0.244 e. The second-order valence-electron chi connectivity index (χ2n) is 8.42. The number of nitrogens with one attached hydrogen (secondary N) is 1. The van der Waals surface area contributed by atoms with Crippen LogP contribution >= 0.6 is 11.6 Å². The van der Waals surface area contributed by atoms with Crippen LogP contribution in [-0.2, 0) is 26.9 Å². The molecule has 3 aromatic carbocycles. The number of nitrogens with zero attached hydrogens (tertiary/aromatic N) is 1. The number of hydrogen-bond acceptors (Lipinski definition) is 3. The molecule has 8 heteroatoms. The molecule has 1 aromatic heterocycles. The Morgan fingerprint density at radius 3 is 2.38 bits per heavy atom. The first-order valence-electron chi connectivity index (χ1n) is 10.7. The minimum atomic E-state index is -3.95. The summed E-state index contributed by atoms with van der Waals surface area (Å²) < 4.78 is 42.5. The summed E-state index contributed by atoms with van der Waals surface area (Å²) in [7, 11) is -3.95. The molecule has 0 aliphatic rings. The van der Waals surface area contributed by atoms with Crippen LogP contribution in [0.25, 0.3) is 10.9 Å². The second kappa shape index (κ2) is 9.24. The van der Waals surface area contributed by atoms with Crippen molar-refractivity contribution in [1.29, 1.82) is 0 Å². The number of carbonyl (C=O) groups is 1. The normalized spacial score (nSPS) is 11.7. The number of amides is 1. The van der Waals surface area contributed by atoms with Gasteiger partial charge in [-0.3, -0.25) is 4.79 Å². The Hall–Kier alpha value is -3.16. The van der Waals surface area contributed by atoms with Crippen LogP contribution in [0, 0.1) is 26.6 Å². The van der Waals surface area contributed by atoms with Crippen molar-refractivity contribution in [2.75, 3.05) is 5.32 Å². The van der Waals surface area contributed by atoms with Crippen molar-refractivity contribution in [1.82, 2.24) is 4.57 Å². The van der Waals surface area contributed by atoms with Gasteiger partial charge >= 0.3 is 0 Å². The quantitative estimate of drug-likeness (QED) is 0.356. The van der Waals surface area contributed by atoms with Crippen molar-refractivity contribution >= 4 is 43.9 Å². The predicted octanol–water partition coefficient (Wildman–Crippen LogP) is 5.97. The third-order valence-electron chi connectivity index (χ3n) is 5.74. The highest BCUT2D eigenvalue weighted by Crippen LogP contribution is 2.31. The number of rotatable bonds is 6. The molecular formula is C26H24ClFN2O3S. The SMILES string of the molecule is Cc1cc(C)c(NC(=O)Cn2cc(S(=O)(=O)Cc3c(F)cccc3Cl)c3ccccc32)c(C)c1. The molecule has 1 heterocycles. The van der Waals surface area contributed by atoms with Crippen molar-refractivity contribution in [2.45, 2.75) is 38.0 Å². The Morgan fingerprint density at radius 2 is 1.71 bits per heavy atom. The Bertz CT molecular complexity index is 1480. The van der Waals surface area contributed by atoms with Gasteiger partial charge in [0.15, 0.2) is 9.84 Å². The van der Waals surface area contributed by atoms with Gasteiger partial charge in [0.2, 0.25) is 5.91 Å². The molecule has 0 unspecified atom stereocenters. The van der Waals surface area contributed by atoms with E-state index in [1.165, 1.54) is 24.4 Å². The molecule has 0 aliphatic heterocycles. The molecule has 0 bridgehead atoms. The van der Waals surface area contributed by atoms with Gasteiger partial charge in [0.1, 0.15) is 12.4 Å². The van der Waals surface area contributed by atoms with Crippen molar-refractivity contribution in [2.24, 2.45) is 0 Å². The number of benzene rings is 3. The molecule has 34 heavy (non-hydrogen) atoms. The largest absolute Gasteiger partial charge is 0.337 e. The molecule has 0 saturated heterocycles. The molecule has 0 spiro atoms. The predicted molar refractivity (Wildman–Crippen MR) is 134 cm³/mol. The Morgan fingerprint density at radius 1 is 1.03 bits per heavy atom. The van der Waals surface area contributed by atoms with Gasteiger partial charge in [-0.05, 0) is 50.1 Å². The summed E-state index contributed by atoms with van der Waals surface area (Å²) in [4.78, 5) is 12.9. The van der Waals surface area contributed by atoms with E-state index >= 15 is 0 Å². The van der Waals surface area contributed by atoms with E-state index < -0.39 is 21.4 Å². The molecule has 0 aliphatic carbocycles. The monoisotopic (exact) mass is 498 g/mol. The Labute approximate surface area is 203 Å². The number of sulfone groups is 1. The first-order valence-corrected chi connectivity index (χ1v) is 12.7. The summed E-state index contributed by atoms with van der Waals surface area (Å²) in [5, 5.41) is 3.46. The molecule has 0 atom stereocenters. The summed E-state index contributed by atoms with van der Waals surface area (Å²) in [5.41, 5.74) is 4.27. The molecule has 4 rings (SSSR count). The average molecular weight is 499 g/mol. The van der Waals surface area contributed by atoms with Gasteiger partial charge in [0.25, 0.3) is 0 Å². The molecule has 0 saturated carbocycles. The number of fused-ring (bicyclic) bond motifs is 1. The number of halogens is 2. The molecule has 1 N–H and O–H groups in total. The van der Waals surface area contributed by atoms with Crippen molar-refractivity contribution in [3.63, 3.8) is 0 Å². The minimum Gasteiger partial charge on any atom is -0.337 e. The number of carbonyl (C=O) groups excluding carboxylic acids is 1. The fraction of sp³-hybridized carbons (Fsp3) is 0.192. The molecule has 1 amide bonds. The zero-order valence-corrected chi connectivity index (χ0v) is 20.6. The van der Waals surface area contributed by atoms with Crippen LogP contribution in [0.4, 0.5) is 10.1 Å². The van der Waals surface area contributed by atoms with Crippen molar-refractivity contribution in [3.8, 4) is 0 Å². The highest BCUT2D eigenvalue weighted by molar-refractivity contribution is 7.90. The van der Waals surface area contributed by atoms with Crippen LogP contribution in [0.2, 0.25) is 5.02 Å². The van der Waals surface area contributed by atoms with Gasteiger partial charge in [0, 0.05) is 33.4 Å². The van der Waals surface area contributed by atoms with Crippen LogP contribution in [0.3, 0.4) is 0 Å². The van der Waals surface area contributed by atoms with Crippen molar-refractivity contribution in [3.05, 3.63) is 93.9 Å². The van der Waals surface area contributed by atoms with Crippen molar-refractivity contribution < 1.29 is 17.6 Å². The summed E-state index contributed by atoms with van der Waals surface area (Å²) in [6, 6.07) is 15.0. The molecule has 176 valence electrons. The highest BCUT2D eigenvalue weighted by Gasteiger charge is 2.25. The summed E-state index contributed by atoms with van der Waals surface area (Å²) >= 11 is 6.06. The minimum absolute atomic E-state index is 0.0258. The third-order valence-corrected chi connectivity index (χ3v) is 7.76. The van der Waals surface area contributed by atoms with Gasteiger partial charge in [-0.1, -0.05) is 53.6 Å². The fourth-order valence-corrected chi connectivity index (χ4v) is 6.17. The Balaban J connectivity index is 1.68. The maximum atomic E-state index is 14.3.